The maximum atomic E-state index is 12.3. The van der Waals surface area contributed by atoms with E-state index < -0.39 is 23.9 Å². The third-order valence-electron chi connectivity index (χ3n) is 4.45. The Labute approximate surface area is 188 Å². The molecule has 1 atom stereocenters. The van der Waals surface area contributed by atoms with Crippen LogP contribution in [-0.4, -0.2) is 34.0 Å². The highest BCUT2D eigenvalue weighted by Gasteiger charge is 2.26. The number of nitrogens with one attached hydrogen (secondary N) is 3. The highest BCUT2D eigenvalue weighted by molar-refractivity contribution is 6.30. The van der Waals surface area contributed by atoms with Gasteiger partial charge in [-0.25, -0.2) is 14.6 Å². The average Bonchev–Trinajstić information content (AvgIpc) is 3.24. The standard InChI is InChI=1S/C22H21ClN4O5/c1-12(2)18(21(29)30)27-19(28)20-24-11-17(32-20)13-3-7-15(8-4-13)25-22(31)26-16-9-5-14(23)6-10-16/h3-12,18H,1-2H3,(H,27,28)(H,29,30)(H2,25,26,31)/t18-/m0/s1. The van der Waals surface area contributed by atoms with Crippen molar-refractivity contribution in [2.75, 3.05) is 10.6 Å². The zero-order chi connectivity index (χ0) is 23.3. The van der Waals surface area contributed by atoms with Gasteiger partial charge >= 0.3 is 17.9 Å². The topological polar surface area (TPSA) is 134 Å². The predicted molar refractivity (Wildman–Crippen MR) is 120 cm³/mol. The molecule has 3 aromatic rings. The van der Waals surface area contributed by atoms with Gasteiger partial charge in [-0.15, -0.1) is 0 Å². The molecule has 0 spiro atoms. The molecule has 0 radical (unpaired) electrons. The van der Waals surface area contributed by atoms with Crippen LogP contribution in [0.4, 0.5) is 16.2 Å². The Hall–Kier alpha value is -3.85. The van der Waals surface area contributed by atoms with E-state index in [1.54, 1.807) is 62.4 Å². The lowest BCUT2D eigenvalue weighted by Crippen LogP contribution is -2.44. The maximum Gasteiger partial charge on any atom is 0.326 e. The fourth-order valence-corrected chi connectivity index (χ4v) is 2.90. The molecule has 3 amide bonds. The Balaban J connectivity index is 1.62. The summed E-state index contributed by atoms with van der Waals surface area (Å²) >= 11 is 5.82. The first kappa shape index (κ1) is 22.8. The molecule has 2 aromatic carbocycles. The monoisotopic (exact) mass is 456 g/mol. The summed E-state index contributed by atoms with van der Waals surface area (Å²) in [6, 6.07) is 11.9. The maximum absolute atomic E-state index is 12.3. The molecular weight excluding hydrogens is 436 g/mol. The van der Waals surface area contributed by atoms with Gasteiger partial charge in [-0.2, -0.15) is 0 Å². The summed E-state index contributed by atoms with van der Waals surface area (Å²) in [5, 5.41) is 17.6. The number of hydrogen-bond donors (Lipinski definition) is 4. The number of carboxylic acids is 1. The molecule has 1 heterocycles. The second-order valence-corrected chi connectivity index (χ2v) is 7.66. The molecule has 4 N–H and O–H groups in total. The number of carboxylic acid groups (broad SMARTS) is 1. The Kier molecular flexibility index (Phi) is 7.11. The van der Waals surface area contributed by atoms with Crippen molar-refractivity contribution in [3.8, 4) is 11.3 Å². The first-order valence-corrected chi connectivity index (χ1v) is 10.0. The van der Waals surface area contributed by atoms with Crippen molar-refractivity contribution in [1.29, 1.82) is 0 Å². The van der Waals surface area contributed by atoms with E-state index in [0.29, 0.717) is 27.7 Å². The van der Waals surface area contributed by atoms with Crippen LogP contribution in [0.2, 0.25) is 5.02 Å². The van der Waals surface area contributed by atoms with Crippen molar-refractivity contribution in [3.05, 3.63) is 65.6 Å². The quantitative estimate of drug-likeness (QED) is 0.414. The fourth-order valence-electron chi connectivity index (χ4n) is 2.77. The number of anilines is 2. The zero-order valence-electron chi connectivity index (χ0n) is 17.3. The van der Waals surface area contributed by atoms with E-state index in [9.17, 15) is 19.5 Å². The minimum atomic E-state index is -1.14. The van der Waals surface area contributed by atoms with E-state index in [4.69, 9.17) is 16.0 Å². The Bertz CT molecular complexity index is 1110. The molecule has 9 nitrogen and oxygen atoms in total. The van der Waals surface area contributed by atoms with E-state index in [0.717, 1.165) is 0 Å². The SMILES string of the molecule is CC(C)[C@H](NC(=O)c1ncc(-c2ccc(NC(=O)Nc3ccc(Cl)cc3)cc2)o1)C(=O)O. The van der Waals surface area contributed by atoms with Gasteiger partial charge in [-0.3, -0.25) is 4.79 Å². The van der Waals surface area contributed by atoms with E-state index in [1.807, 2.05) is 0 Å². The number of carbonyl (C=O) groups excluding carboxylic acids is 2. The van der Waals surface area contributed by atoms with Gasteiger partial charge in [0, 0.05) is 22.0 Å². The highest BCUT2D eigenvalue weighted by Crippen LogP contribution is 2.23. The van der Waals surface area contributed by atoms with Crippen LogP contribution >= 0.6 is 11.6 Å². The second kappa shape index (κ2) is 9.97. The molecule has 166 valence electrons. The van der Waals surface area contributed by atoms with Crippen LogP contribution < -0.4 is 16.0 Å². The van der Waals surface area contributed by atoms with E-state index >= 15 is 0 Å². The molecule has 1 aromatic heterocycles. The van der Waals surface area contributed by atoms with Crippen molar-refractivity contribution in [3.63, 3.8) is 0 Å². The zero-order valence-corrected chi connectivity index (χ0v) is 18.0. The largest absolute Gasteiger partial charge is 0.480 e. The fraction of sp³-hybridized carbons (Fsp3) is 0.182. The third kappa shape index (κ3) is 5.86. The van der Waals surface area contributed by atoms with Gasteiger partial charge in [0.1, 0.15) is 6.04 Å². The highest BCUT2D eigenvalue weighted by atomic mass is 35.5. The molecule has 0 saturated heterocycles. The van der Waals surface area contributed by atoms with Crippen LogP contribution in [0.15, 0.2) is 59.1 Å². The van der Waals surface area contributed by atoms with Crippen molar-refractivity contribution < 1.29 is 23.9 Å². The van der Waals surface area contributed by atoms with E-state index in [1.165, 1.54) is 6.20 Å². The molecule has 0 aliphatic heterocycles. The van der Waals surface area contributed by atoms with Crippen molar-refractivity contribution >= 4 is 40.9 Å². The number of benzene rings is 2. The van der Waals surface area contributed by atoms with Gasteiger partial charge in [-0.05, 0) is 54.4 Å². The Morgan fingerprint density at radius 3 is 2.06 bits per heavy atom. The number of aromatic nitrogens is 1. The number of hydrogen-bond acceptors (Lipinski definition) is 5. The van der Waals surface area contributed by atoms with Crippen LogP contribution in [0.25, 0.3) is 11.3 Å². The minimum absolute atomic E-state index is 0.239. The first-order chi connectivity index (χ1) is 15.2. The molecule has 32 heavy (non-hydrogen) atoms. The second-order valence-electron chi connectivity index (χ2n) is 7.23. The lowest BCUT2D eigenvalue weighted by atomic mass is 10.1. The normalized spacial score (nSPS) is 11.6. The van der Waals surface area contributed by atoms with Gasteiger partial charge in [0.05, 0.1) is 6.20 Å². The predicted octanol–water partition coefficient (Wildman–Crippen LogP) is 4.48. The van der Waals surface area contributed by atoms with Crippen molar-refractivity contribution in [2.45, 2.75) is 19.9 Å². The smallest absolute Gasteiger partial charge is 0.326 e. The Morgan fingerprint density at radius 2 is 1.53 bits per heavy atom. The van der Waals surface area contributed by atoms with Gasteiger partial charge in [0.2, 0.25) is 0 Å². The number of nitrogens with zero attached hydrogens (tertiary/aromatic N) is 1. The molecular formula is C22H21ClN4O5. The number of amides is 3. The number of halogens is 1. The minimum Gasteiger partial charge on any atom is -0.480 e. The summed E-state index contributed by atoms with van der Waals surface area (Å²) in [6.45, 7) is 3.37. The summed E-state index contributed by atoms with van der Waals surface area (Å²) in [5.41, 5.74) is 1.76. The molecule has 0 saturated carbocycles. The summed E-state index contributed by atoms with van der Waals surface area (Å²) in [5.74, 6) is -2.07. The first-order valence-electron chi connectivity index (χ1n) is 9.66. The molecule has 0 fully saturated rings. The Morgan fingerprint density at radius 1 is 0.969 bits per heavy atom. The summed E-state index contributed by atoms with van der Waals surface area (Å²) < 4.78 is 5.47. The number of aliphatic carboxylic acids is 1. The number of rotatable bonds is 7. The van der Waals surface area contributed by atoms with Crippen LogP contribution in [0.5, 0.6) is 0 Å². The molecule has 0 bridgehead atoms. The van der Waals surface area contributed by atoms with Gasteiger partial charge in [0.25, 0.3) is 5.89 Å². The number of urea groups is 1. The average molecular weight is 457 g/mol. The lowest BCUT2D eigenvalue weighted by molar-refractivity contribution is -0.140. The van der Waals surface area contributed by atoms with Crippen LogP contribution in [0.3, 0.4) is 0 Å². The summed E-state index contributed by atoms with van der Waals surface area (Å²) in [7, 11) is 0. The summed E-state index contributed by atoms with van der Waals surface area (Å²) in [6.07, 6.45) is 1.37. The molecule has 0 aliphatic carbocycles. The van der Waals surface area contributed by atoms with E-state index in [-0.39, 0.29) is 11.8 Å². The van der Waals surface area contributed by atoms with Crippen LogP contribution in [0, 0.1) is 5.92 Å². The number of carbonyl (C=O) groups is 3. The lowest BCUT2D eigenvalue weighted by Gasteiger charge is -2.16. The van der Waals surface area contributed by atoms with Gasteiger partial charge in [0.15, 0.2) is 5.76 Å². The van der Waals surface area contributed by atoms with Gasteiger partial charge in [-0.1, -0.05) is 25.4 Å². The molecule has 0 unspecified atom stereocenters. The number of oxazole rings is 1. The van der Waals surface area contributed by atoms with E-state index in [2.05, 4.69) is 20.9 Å². The van der Waals surface area contributed by atoms with Crippen molar-refractivity contribution in [1.82, 2.24) is 10.3 Å². The molecule has 0 aliphatic rings. The van der Waals surface area contributed by atoms with Crippen molar-refractivity contribution in [2.24, 2.45) is 5.92 Å². The van der Waals surface area contributed by atoms with Gasteiger partial charge < -0.3 is 25.5 Å². The third-order valence-corrected chi connectivity index (χ3v) is 4.70. The van der Waals surface area contributed by atoms with Crippen LogP contribution in [0.1, 0.15) is 24.5 Å². The molecule has 3 rings (SSSR count). The molecule has 10 heteroatoms. The summed E-state index contributed by atoms with van der Waals surface area (Å²) in [4.78, 5) is 39.6. The van der Waals surface area contributed by atoms with Crippen LogP contribution in [-0.2, 0) is 4.79 Å².